The lowest BCUT2D eigenvalue weighted by atomic mass is 9.85. The van der Waals surface area contributed by atoms with Crippen LogP contribution in [0.15, 0.2) is 0 Å². The first-order chi connectivity index (χ1) is 6.53. The molecule has 1 saturated carbocycles. The van der Waals surface area contributed by atoms with Crippen LogP contribution in [-0.4, -0.2) is 26.0 Å². The Morgan fingerprint density at radius 2 is 2.07 bits per heavy atom. The molecule has 1 aliphatic rings. The molecular formula is C10H21NO2S. The molecule has 1 fully saturated rings. The highest BCUT2D eigenvalue weighted by Gasteiger charge is 2.20. The van der Waals surface area contributed by atoms with E-state index < -0.39 is 9.84 Å². The minimum Gasteiger partial charge on any atom is -0.328 e. The molecule has 2 atom stereocenters. The van der Waals surface area contributed by atoms with Gasteiger partial charge in [0.15, 0.2) is 0 Å². The monoisotopic (exact) mass is 219 g/mol. The standard InChI is InChI=1S/C10H21NO2S/c1-2-14(12,13)7-6-9-4-3-5-10(11)8-9/h9-10H,2-8,11H2,1H3. The molecule has 0 amide bonds. The van der Waals surface area contributed by atoms with Gasteiger partial charge in [-0.1, -0.05) is 19.8 Å². The molecule has 0 aliphatic heterocycles. The van der Waals surface area contributed by atoms with E-state index in [2.05, 4.69) is 0 Å². The molecule has 0 spiro atoms. The SMILES string of the molecule is CCS(=O)(=O)CCC1CCCC(N)C1. The summed E-state index contributed by atoms with van der Waals surface area (Å²) in [6, 6.07) is 0.304. The molecule has 3 nitrogen and oxygen atoms in total. The summed E-state index contributed by atoms with van der Waals surface area (Å²) in [6.45, 7) is 1.71. The number of sulfone groups is 1. The molecule has 1 rings (SSSR count). The summed E-state index contributed by atoms with van der Waals surface area (Å²) in [5.41, 5.74) is 5.85. The molecule has 0 saturated heterocycles. The van der Waals surface area contributed by atoms with Gasteiger partial charge in [0, 0.05) is 11.8 Å². The van der Waals surface area contributed by atoms with Crippen molar-refractivity contribution in [2.75, 3.05) is 11.5 Å². The fourth-order valence-electron chi connectivity index (χ4n) is 2.09. The molecular weight excluding hydrogens is 198 g/mol. The highest BCUT2D eigenvalue weighted by Crippen LogP contribution is 2.26. The Morgan fingerprint density at radius 1 is 1.36 bits per heavy atom. The van der Waals surface area contributed by atoms with E-state index in [1.54, 1.807) is 6.92 Å². The van der Waals surface area contributed by atoms with Crippen molar-refractivity contribution < 1.29 is 8.42 Å². The minimum atomic E-state index is -2.78. The smallest absolute Gasteiger partial charge is 0.150 e. The second kappa shape index (κ2) is 5.12. The molecule has 0 aromatic rings. The van der Waals surface area contributed by atoms with Gasteiger partial charge in [-0.3, -0.25) is 0 Å². The van der Waals surface area contributed by atoms with E-state index in [4.69, 9.17) is 5.73 Å². The number of hydrogen-bond donors (Lipinski definition) is 1. The highest BCUT2D eigenvalue weighted by molar-refractivity contribution is 7.91. The van der Waals surface area contributed by atoms with E-state index in [-0.39, 0.29) is 5.75 Å². The third kappa shape index (κ3) is 3.96. The second-order valence-corrected chi connectivity index (χ2v) is 6.79. The van der Waals surface area contributed by atoms with Gasteiger partial charge in [0.2, 0.25) is 0 Å². The fraction of sp³-hybridized carbons (Fsp3) is 1.00. The topological polar surface area (TPSA) is 60.2 Å². The van der Waals surface area contributed by atoms with Gasteiger partial charge in [0.05, 0.1) is 5.75 Å². The molecule has 0 heterocycles. The third-order valence-electron chi connectivity index (χ3n) is 3.10. The number of rotatable bonds is 4. The Hall–Kier alpha value is -0.0900. The largest absolute Gasteiger partial charge is 0.328 e. The summed E-state index contributed by atoms with van der Waals surface area (Å²) in [4.78, 5) is 0. The molecule has 84 valence electrons. The van der Waals surface area contributed by atoms with Crippen molar-refractivity contribution in [3.63, 3.8) is 0 Å². The average molecular weight is 219 g/mol. The van der Waals surface area contributed by atoms with Crippen LogP contribution < -0.4 is 5.73 Å². The van der Waals surface area contributed by atoms with Crippen LogP contribution in [0.25, 0.3) is 0 Å². The Bertz CT molecular complexity index is 261. The molecule has 1 aliphatic carbocycles. The summed E-state index contributed by atoms with van der Waals surface area (Å²) < 4.78 is 22.6. The van der Waals surface area contributed by atoms with Crippen molar-refractivity contribution in [2.24, 2.45) is 11.7 Å². The van der Waals surface area contributed by atoms with E-state index >= 15 is 0 Å². The van der Waals surface area contributed by atoms with E-state index in [9.17, 15) is 8.42 Å². The van der Waals surface area contributed by atoms with Gasteiger partial charge in [-0.25, -0.2) is 8.42 Å². The fourth-order valence-corrected chi connectivity index (χ4v) is 3.07. The zero-order valence-corrected chi connectivity index (χ0v) is 9.72. The van der Waals surface area contributed by atoms with E-state index in [0.717, 1.165) is 32.1 Å². The van der Waals surface area contributed by atoms with Crippen molar-refractivity contribution in [3.05, 3.63) is 0 Å². The van der Waals surface area contributed by atoms with E-state index in [1.165, 1.54) is 0 Å². The van der Waals surface area contributed by atoms with Gasteiger partial charge in [-0.15, -0.1) is 0 Å². The molecule has 4 heteroatoms. The molecule has 0 aromatic carbocycles. The van der Waals surface area contributed by atoms with Gasteiger partial charge in [0.1, 0.15) is 9.84 Å². The summed E-state index contributed by atoms with van der Waals surface area (Å²) in [6.07, 6.45) is 5.26. The normalized spacial score (nSPS) is 29.0. The van der Waals surface area contributed by atoms with Crippen LogP contribution in [0.4, 0.5) is 0 Å². The first-order valence-electron chi connectivity index (χ1n) is 5.49. The Balaban J connectivity index is 2.31. The van der Waals surface area contributed by atoms with Crippen molar-refractivity contribution in [1.29, 1.82) is 0 Å². The maximum absolute atomic E-state index is 11.3. The van der Waals surface area contributed by atoms with Crippen molar-refractivity contribution in [3.8, 4) is 0 Å². The van der Waals surface area contributed by atoms with Crippen LogP contribution in [0.3, 0.4) is 0 Å². The van der Waals surface area contributed by atoms with Gasteiger partial charge >= 0.3 is 0 Å². The van der Waals surface area contributed by atoms with Gasteiger partial charge in [0.25, 0.3) is 0 Å². The maximum Gasteiger partial charge on any atom is 0.150 e. The maximum atomic E-state index is 11.3. The number of hydrogen-bond acceptors (Lipinski definition) is 3. The number of nitrogens with two attached hydrogens (primary N) is 1. The predicted molar refractivity (Wildman–Crippen MR) is 58.9 cm³/mol. The summed E-state index contributed by atoms with van der Waals surface area (Å²) in [7, 11) is -2.78. The minimum absolute atomic E-state index is 0.270. The third-order valence-corrected chi connectivity index (χ3v) is 4.84. The second-order valence-electron chi connectivity index (χ2n) is 4.32. The van der Waals surface area contributed by atoms with Crippen LogP contribution in [0.2, 0.25) is 0 Å². The van der Waals surface area contributed by atoms with Crippen LogP contribution in [-0.2, 0) is 9.84 Å². The first-order valence-corrected chi connectivity index (χ1v) is 7.31. The van der Waals surface area contributed by atoms with E-state index in [0.29, 0.717) is 17.7 Å². The average Bonchev–Trinajstić information content (AvgIpc) is 2.15. The lowest BCUT2D eigenvalue weighted by molar-refractivity contribution is 0.315. The van der Waals surface area contributed by atoms with Crippen LogP contribution >= 0.6 is 0 Å². The molecule has 0 radical (unpaired) electrons. The Morgan fingerprint density at radius 3 is 2.64 bits per heavy atom. The van der Waals surface area contributed by atoms with Crippen LogP contribution in [0, 0.1) is 5.92 Å². The molecule has 2 unspecified atom stereocenters. The van der Waals surface area contributed by atoms with Crippen molar-refractivity contribution in [2.45, 2.75) is 45.1 Å². The van der Waals surface area contributed by atoms with Crippen molar-refractivity contribution >= 4 is 9.84 Å². The van der Waals surface area contributed by atoms with Crippen LogP contribution in [0.1, 0.15) is 39.0 Å². The highest BCUT2D eigenvalue weighted by atomic mass is 32.2. The Labute approximate surface area is 87.0 Å². The predicted octanol–water partition coefficient (Wildman–Crippen LogP) is 1.33. The van der Waals surface area contributed by atoms with Crippen molar-refractivity contribution in [1.82, 2.24) is 0 Å². The first kappa shape index (κ1) is 12.0. The summed E-state index contributed by atoms with van der Waals surface area (Å²) in [5.74, 6) is 1.16. The molecule has 14 heavy (non-hydrogen) atoms. The Kier molecular flexibility index (Phi) is 4.38. The quantitative estimate of drug-likeness (QED) is 0.776. The van der Waals surface area contributed by atoms with Gasteiger partial charge in [-0.2, -0.15) is 0 Å². The zero-order valence-electron chi connectivity index (χ0n) is 8.91. The van der Waals surface area contributed by atoms with E-state index in [1.807, 2.05) is 0 Å². The molecule has 2 N–H and O–H groups in total. The van der Waals surface area contributed by atoms with Crippen LogP contribution in [0.5, 0.6) is 0 Å². The zero-order chi connectivity index (χ0) is 10.6. The van der Waals surface area contributed by atoms with Gasteiger partial charge < -0.3 is 5.73 Å². The molecule has 0 bridgehead atoms. The van der Waals surface area contributed by atoms with Gasteiger partial charge in [-0.05, 0) is 25.2 Å². The summed E-state index contributed by atoms with van der Waals surface area (Å²) >= 11 is 0. The lowest BCUT2D eigenvalue weighted by Crippen LogP contribution is -2.28. The molecule has 0 aromatic heterocycles. The summed E-state index contributed by atoms with van der Waals surface area (Å²) in [5, 5.41) is 0. The lowest BCUT2D eigenvalue weighted by Gasteiger charge is -2.26.